The van der Waals surface area contributed by atoms with Gasteiger partial charge in [-0.3, -0.25) is 14.4 Å². The lowest BCUT2D eigenvalue weighted by Gasteiger charge is -2.39. The fraction of sp³-hybridized carbons (Fsp3) is 0.364. The third-order valence-electron chi connectivity index (χ3n) is 7.33. The average molecular weight is 541 g/mol. The summed E-state index contributed by atoms with van der Waals surface area (Å²) in [6, 6.07) is 22.4. The summed E-state index contributed by atoms with van der Waals surface area (Å²) in [4.78, 5) is 43.9. The Balaban J connectivity index is 1.66. The highest BCUT2D eigenvalue weighted by Gasteiger charge is 2.38. The van der Waals surface area contributed by atoms with Gasteiger partial charge in [0, 0.05) is 44.6 Å². The van der Waals surface area contributed by atoms with Gasteiger partial charge in [0.1, 0.15) is 12.1 Å². The number of likely N-dealkylation sites (N-methyl/N-ethyl adjacent to an activating group) is 1. The molecule has 3 amide bonds. The van der Waals surface area contributed by atoms with E-state index in [1.54, 1.807) is 18.0 Å². The number of fused-ring (bicyclic) bond motifs is 1. The molecule has 4 rings (SSSR count). The van der Waals surface area contributed by atoms with Crippen LogP contribution in [0.5, 0.6) is 0 Å². The Labute approximate surface area is 237 Å². The van der Waals surface area contributed by atoms with E-state index < -0.39 is 17.6 Å². The van der Waals surface area contributed by atoms with Crippen molar-refractivity contribution in [2.75, 3.05) is 20.1 Å². The second-order valence-electron chi connectivity index (χ2n) is 11.5. The number of rotatable bonds is 9. The third kappa shape index (κ3) is 7.36. The Morgan fingerprint density at radius 2 is 1.73 bits per heavy atom. The Kier molecular flexibility index (Phi) is 9.05. The van der Waals surface area contributed by atoms with Crippen LogP contribution in [0.1, 0.15) is 38.3 Å². The van der Waals surface area contributed by atoms with Gasteiger partial charge in [-0.2, -0.15) is 0 Å². The topological polar surface area (TPSA) is 95.7 Å². The summed E-state index contributed by atoms with van der Waals surface area (Å²) in [5.74, 6) is -0.672. The van der Waals surface area contributed by atoms with Crippen LogP contribution in [0.3, 0.4) is 0 Å². The average Bonchev–Trinajstić information content (AvgIpc) is 2.91. The van der Waals surface area contributed by atoms with Crippen molar-refractivity contribution >= 4 is 28.5 Å². The smallest absolute Gasteiger partial charge is 0.246 e. The lowest BCUT2D eigenvalue weighted by molar-refractivity contribution is -0.149. The number of nitrogens with zero attached hydrogens (tertiary/aromatic N) is 2. The van der Waals surface area contributed by atoms with Crippen LogP contribution in [0.15, 0.2) is 84.4 Å². The lowest BCUT2D eigenvalue weighted by Crippen LogP contribution is -2.62. The molecule has 3 N–H and O–H groups in total. The van der Waals surface area contributed by atoms with Gasteiger partial charge in [-0.25, -0.2) is 0 Å². The van der Waals surface area contributed by atoms with Crippen LogP contribution in [0.4, 0.5) is 0 Å². The van der Waals surface area contributed by atoms with Gasteiger partial charge in [0.15, 0.2) is 0 Å². The molecule has 0 bridgehead atoms. The fourth-order valence-electron chi connectivity index (χ4n) is 5.42. The van der Waals surface area contributed by atoms with Crippen LogP contribution in [0.25, 0.3) is 10.8 Å². The van der Waals surface area contributed by atoms with E-state index in [9.17, 15) is 14.4 Å². The van der Waals surface area contributed by atoms with Crippen LogP contribution >= 0.6 is 0 Å². The van der Waals surface area contributed by atoms with E-state index in [1.165, 1.54) is 4.90 Å². The summed E-state index contributed by atoms with van der Waals surface area (Å²) >= 11 is 0. The van der Waals surface area contributed by atoms with Gasteiger partial charge < -0.3 is 20.9 Å². The summed E-state index contributed by atoms with van der Waals surface area (Å²) in [6.45, 7) is 6.47. The summed E-state index contributed by atoms with van der Waals surface area (Å²) in [5.41, 5.74) is 8.48. The van der Waals surface area contributed by atoms with Gasteiger partial charge in [0.2, 0.25) is 17.7 Å². The van der Waals surface area contributed by atoms with E-state index in [2.05, 4.69) is 11.4 Å². The first-order valence-corrected chi connectivity index (χ1v) is 13.8. The molecule has 0 saturated carbocycles. The molecule has 7 nitrogen and oxygen atoms in total. The predicted octanol–water partition coefficient (Wildman–Crippen LogP) is 3.85. The van der Waals surface area contributed by atoms with E-state index in [0.717, 1.165) is 27.5 Å². The number of carbonyl (C=O) groups is 3. The molecule has 0 aliphatic carbocycles. The van der Waals surface area contributed by atoms with Gasteiger partial charge >= 0.3 is 0 Å². The van der Waals surface area contributed by atoms with Crippen LogP contribution in [-0.2, 0) is 27.2 Å². The van der Waals surface area contributed by atoms with Crippen LogP contribution in [0, 0.1) is 0 Å². The molecule has 7 heteroatoms. The molecule has 1 saturated heterocycles. The molecule has 0 radical (unpaired) electrons. The molecule has 0 aromatic heterocycles. The highest BCUT2D eigenvalue weighted by molar-refractivity contribution is 5.96. The molecule has 210 valence electrons. The maximum absolute atomic E-state index is 14.3. The maximum Gasteiger partial charge on any atom is 0.246 e. The number of nitrogens with one attached hydrogen (secondary N) is 1. The van der Waals surface area contributed by atoms with Gasteiger partial charge in [-0.1, -0.05) is 78.4 Å². The van der Waals surface area contributed by atoms with Gasteiger partial charge in [0.05, 0.1) is 0 Å². The zero-order valence-electron chi connectivity index (χ0n) is 23.9. The van der Waals surface area contributed by atoms with Gasteiger partial charge in [-0.05, 0) is 49.1 Å². The molecule has 1 fully saturated rings. The molecular formula is C33H40N4O3. The SMILES string of the molecule is C/C(=C\C(=O)N(C)C(Cc1ccc2ccccc2c1)C(=O)N1CCNC(=O)C1Cc1ccccc1)CC(C)(C)N. The van der Waals surface area contributed by atoms with Crippen LogP contribution in [-0.4, -0.2) is 65.3 Å². The van der Waals surface area contributed by atoms with Crippen molar-refractivity contribution in [2.45, 2.75) is 57.7 Å². The molecule has 40 heavy (non-hydrogen) atoms. The minimum atomic E-state index is -0.784. The summed E-state index contributed by atoms with van der Waals surface area (Å²) in [5, 5.41) is 5.09. The van der Waals surface area contributed by atoms with E-state index in [-0.39, 0.29) is 17.7 Å². The number of nitrogens with two attached hydrogens (primary N) is 1. The summed E-state index contributed by atoms with van der Waals surface area (Å²) in [6.07, 6.45) is 2.86. The summed E-state index contributed by atoms with van der Waals surface area (Å²) in [7, 11) is 1.67. The van der Waals surface area contributed by atoms with E-state index >= 15 is 0 Å². The molecular weight excluding hydrogens is 500 g/mol. The van der Waals surface area contributed by atoms with Crippen molar-refractivity contribution in [1.82, 2.24) is 15.1 Å². The first kappa shape index (κ1) is 29.0. The number of benzene rings is 3. The van der Waals surface area contributed by atoms with Crippen molar-refractivity contribution in [3.63, 3.8) is 0 Å². The van der Waals surface area contributed by atoms with Crippen molar-refractivity contribution < 1.29 is 14.4 Å². The second-order valence-corrected chi connectivity index (χ2v) is 11.5. The number of piperazine rings is 1. The Morgan fingerprint density at radius 3 is 2.42 bits per heavy atom. The fourth-order valence-corrected chi connectivity index (χ4v) is 5.42. The molecule has 2 unspecified atom stereocenters. The standard InChI is InChI=1S/C33H40N4O3/c1-23(22-33(2,3)34)18-30(38)36(4)29(21-25-14-15-26-12-8-9-13-27(26)19-25)32(40)37-17-16-35-31(39)28(37)20-24-10-6-5-7-11-24/h5-15,18-19,28-29H,16-17,20-22,34H2,1-4H3,(H,35,39)/b23-18+. The number of hydrogen-bond donors (Lipinski definition) is 2. The maximum atomic E-state index is 14.3. The minimum Gasteiger partial charge on any atom is -0.353 e. The molecule has 2 atom stereocenters. The highest BCUT2D eigenvalue weighted by Crippen LogP contribution is 2.22. The lowest BCUT2D eigenvalue weighted by atomic mass is 9.96. The highest BCUT2D eigenvalue weighted by atomic mass is 16.2. The van der Waals surface area contributed by atoms with Crippen LogP contribution in [0.2, 0.25) is 0 Å². The summed E-state index contributed by atoms with van der Waals surface area (Å²) < 4.78 is 0. The number of amides is 3. The van der Waals surface area contributed by atoms with Crippen molar-refractivity contribution in [2.24, 2.45) is 5.73 Å². The molecule has 1 aliphatic rings. The quantitative estimate of drug-likeness (QED) is 0.403. The normalized spacial score (nSPS) is 16.9. The Morgan fingerprint density at radius 1 is 1.05 bits per heavy atom. The van der Waals surface area contributed by atoms with Gasteiger partial charge in [-0.15, -0.1) is 0 Å². The van der Waals surface area contributed by atoms with E-state index in [4.69, 9.17) is 5.73 Å². The zero-order valence-corrected chi connectivity index (χ0v) is 23.9. The van der Waals surface area contributed by atoms with Crippen molar-refractivity contribution in [3.05, 3.63) is 95.6 Å². The third-order valence-corrected chi connectivity index (χ3v) is 7.33. The first-order valence-electron chi connectivity index (χ1n) is 13.8. The number of hydrogen-bond acceptors (Lipinski definition) is 4. The minimum absolute atomic E-state index is 0.178. The van der Waals surface area contributed by atoms with Crippen molar-refractivity contribution in [3.8, 4) is 0 Å². The number of carbonyl (C=O) groups excluding carboxylic acids is 3. The van der Waals surface area contributed by atoms with Crippen molar-refractivity contribution in [1.29, 1.82) is 0 Å². The Bertz CT molecular complexity index is 1390. The van der Waals surface area contributed by atoms with Gasteiger partial charge in [0.25, 0.3) is 0 Å². The predicted molar refractivity (Wildman–Crippen MR) is 160 cm³/mol. The first-order chi connectivity index (χ1) is 19.0. The monoisotopic (exact) mass is 540 g/mol. The van der Waals surface area contributed by atoms with E-state index in [0.29, 0.717) is 32.4 Å². The van der Waals surface area contributed by atoms with E-state index in [1.807, 2.05) is 87.5 Å². The molecule has 0 spiro atoms. The second kappa shape index (κ2) is 12.5. The molecule has 3 aromatic rings. The zero-order chi connectivity index (χ0) is 28.9. The molecule has 1 aliphatic heterocycles. The molecule has 3 aromatic carbocycles. The molecule has 1 heterocycles. The van der Waals surface area contributed by atoms with Crippen LogP contribution < -0.4 is 11.1 Å². The Hall–Kier alpha value is -3.97. The largest absolute Gasteiger partial charge is 0.353 e.